The van der Waals surface area contributed by atoms with Crippen molar-refractivity contribution < 1.29 is 8.42 Å². The number of thiocarbonyl (C=S) groups is 1. The first kappa shape index (κ1) is 15.3. The highest BCUT2D eigenvalue weighted by Gasteiger charge is 2.20. The molecule has 1 aromatic heterocycles. The minimum atomic E-state index is -3.63. The Morgan fingerprint density at radius 1 is 1.45 bits per heavy atom. The molecule has 0 spiro atoms. The summed E-state index contributed by atoms with van der Waals surface area (Å²) in [6.45, 7) is 3.15. The monoisotopic (exact) mass is 314 g/mol. The van der Waals surface area contributed by atoms with Gasteiger partial charge >= 0.3 is 0 Å². The highest BCUT2D eigenvalue weighted by atomic mass is 32.2. The fourth-order valence-corrected chi connectivity index (χ4v) is 3.63. The summed E-state index contributed by atoms with van der Waals surface area (Å²) in [5.41, 5.74) is 5.64. The molecule has 1 saturated heterocycles. The summed E-state index contributed by atoms with van der Waals surface area (Å²) in [6, 6.07) is 3.01. The van der Waals surface area contributed by atoms with Gasteiger partial charge in [-0.2, -0.15) is 0 Å². The molecule has 1 aliphatic heterocycles. The lowest BCUT2D eigenvalue weighted by Gasteiger charge is -2.15. The summed E-state index contributed by atoms with van der Waals surface area (Å²) in [6.07, 6.45) is 3.83. The van der Waals surface area contributed by atoms with Gasteiger partial charge in [0, 0.05) is 19.3 Å². The van der Waals surface area contributed by atoms with Gasteiger partial charge < -0.3 is 10.6 Å². The Morgan fingerprint density at radius 2 is 2.15 bits per heavy atom. The van der Waals surface area contributed by atoms with E-state index in [1.54, 1.807) is 6.07 Å². The first-order chi connectivity index (χ1) is 9.50. The van der Waals surface area contributed by atoms with Crippen LogP contribution in [0.4, 0.5) is 0 Å². The Morgan fingerprint density at radius 3 is 2.80 bits per heavy atom. The van der Waals surface area contributed by atoms with Crippen LogP contribution in [0.3, 0.4) is 0 Å². The van der Waals surface area contributed by atoms with E-state index in [0.717, 1.165) is 13.1 Å². The first-order valence-corrected chi connectivity index (χ1v) is 8.37. The molecule has 0 aliphatic carbocycles. The third kappa shape index (κ3) is 3.72. The van der Waals surface area contributed by atoms with Crippen LogP contribution < -0.4 is 10.5 Å². The highest BCUT2D eigenvalue weighted by molar-refractivity contribution is 7.89. The highest BCUT2D eigenvalue weighted by Crippen LogP contribution is 2.13. The number of likely N-dealkylation sites (tertiary alicyclic amines) is 1. The number of pyridine rings is 1. The number of nitrogens with zero attached hydrogens (tertiary/aromatic N) is 2. The molecule has 1 fully saturated rings. The largest absolute Gasteiger partial charge is 0.388 e. The zero-order chi connectivity index (χ0) is 14.6. The molecule has 2 rings (SSSR count). The van der Waals surface area contributed by atoms with E-state index in [4.69, 9.17) is 18.0 Å². The fraction of sp³-hybridized carbons (Fsp3) is 0.500. The summed E-state index contributed by atoms with van der Waals surface area (Å²) < 4.78 is 27.1. The van der Waals surface area contributed by atoms with Crippen LogP contribution in [-0.4, -0.2) is 49.5 Å². The average Bonchev–Trinajstić information content (AvgIpc) is 2.91. The van der Waals surface area contributed by atoms with Crippen LogP contribution in [0.2, 0.25) is 0 Å². The third-order valence-electron chi connectivity index (χ3n) is 3.21. The number of rotatable bonds is 6. The molecule has 8 heteroatoms. The van der Waals surface area contributed by atoms with Crippen molar-refractivity contribution in [2.24, 2.45) is 5.73 Å². The lowest BCUT2D eigenvalue weighted by Crippen LogP contribution is -2.34. The van der Waals surface area contributed by atoms with Crippen LogP contribution >= 0.6 is 12.2 Å². The maximum absolute atomic E-state index is 12.2. The minimum Gasteiger partial charge on any atom is -0.388 e. The van der Waals surface area contributed by atoms with Crippen LogP contribution in [0.25, 0.3) is 0 Å². The zero-order valence-electron chi connectivity index (χ0n) is 11.1. The predicted molar refractivity (Wildman–Crippen MR) is 81.0 cm³/mol. The average molecular weight is 314 g/mol. The second kappa shape index (κ2) is 6.57. The molecule has 0 amide bonds. The summed E-state index contributed by atoms with van der Waals surface area (Å²) in [5.74, 6) is 0. The summed E-state index contributed by atoms with van der Waals surface area (Å²) in [5, 5.41) is 0. The van der Waals surface area contributed by atoms with Crippen molar-refractivity contribution in [3.8, 4) is 0 Å². The van der Waals surface area contributed by atoms with Gasteiger partial charge in [-0.15, -0.1) is 0 Å². The molecule has 20 heavy (non-hydrogen) atoms. The van der Waals surface area contributed by atoms with E-state index in [2.05, 4.69) is 14.6 Å². The Hall–Kier alpha value is -1.09. The van der Waals surface area contributed by atoms with Gasteiger partial charge in [0.25, 0.3) is 0 Å². The van der Waals surface area contributed by atoms with Gasteiger partial charge in [-0.25, -0.2) is 13.1 Å². The van der Waals surface area contributed by atoms with E-state index in [1.165, 1.54) is 25.1 Å². The molecule has 0 saturated carbocycles. The summed E-state index contributed by atoms with van der Waals surface area (Å²) in [4.78, 5) is 6.18. The maximum atomic E-state index is 12.2. The van der Waals surface area contributed by atoms with Crippen molar-refractivity contribution in [2.75, 3.05) is 26.2 Å². The van der Waals surface area contributed by atoms with Crippen LogP contribution in [0.5, 0.6) is 0 Å². The quantitative estimate of drug-likeness (QED) is 0.724. The van der Waals surface area contributed by atoms with Crippen LogP contribution in [0.15, 0.2) is 23.2 Å². The van der Waals surface area contributed by atoms with Crippen molar-refractivity contribution in [2.45, 2.75) is 17.7 Å². The lowest BCUT2D eigenvalue weighted by atomic mass is 10.3. The standard InChI is InChI=1S/C12H18N4O2S2/c13-12(19)11-10(4-3-5-14-11)20(17,18)15-6-9-16-7-1-2-8-16/h3-5,15H,1-2,6-9H2,(H2,13,19). The number of aromatic nitrogens is 1. The van der Waals surface area contributed by atoms with Gasteiger partial charge in [0.05, 0.1) is 0 Å². The number of hydrogen-bond acceptors (Lipinski definition) is 5. The Labute approximate surface area is 124 Å². The fourth-order valence-electron chi connectivity index (χ4n) is 2.21. The van der Waals surface area contributed by atoms with Crippen LogP contribution in [-0.2, 0) is 10.0 Å². The maximum Gasteiger partial charge on any atom is 0.242 e. The lowest BCUT2D eigenvalue weighted by molar-refractivity contribution is 0.344. The normalized spacial score (nSPS) is 16.4. The van der Waals surface area contributed by atoms with Crippen molar-refractivity contribution in [1.29, 1.82) is 0 Å². The number of nitrogens with two attached hydrogens (primary N) is 1. The van der Waals surface area contributed by atoms with Crippen LogP contribution in [0.1, 0.15) is 18.5 Å². The SMILES string of the molecule is NC(=S)c1ncccc1S(=O)(=O)NCCN1CCCC1. The molecular formula is C12H18N4O2S2. The molecule has 110 valence electrons. The molecule has 0 unspecified atom stereocenters. The van der Waals surface area contributed by atoms with E-state index >= 15 is 0 Å². The molecule has 3 N–H and O–H groups in total. The van der Waals surface area contributed by atoms with Gasteiger partial charge in [0.1, 0.15) is 15.6 Å². The van der Waals surface area contributed by atoms with Crippen molar-refractivity contribution >= 4 is 27.2 Å². The Balaban J connectivity index is 2.04. The number of sulfonamides is 1. The van der Waals surface area contributed by atoms with E-state index in [9.17, 15) is 8.42 Å². The third-order valence-corrected chi connectivity index (χ3v) is 4.90. The van der Waals surface area contributed by atoms with Crippen molar-refractivity contribution in [3.05, 3.63) is 24.0 Å². The molecular weight excluding hydrogens is 296 g/mol. The number of hydrogen-bond donors (Lipinski definition) is 2. The van der Waals surface area contributed by atoms with Gasteiger partial charge in [-0.05, 0) is 38.1 Å². The molecule has 0 bridgehead atoms. The van der Waals surface area contributed by atoms with Gasteiger partial charge in [0.15, 0.2) is 0 Å². The van der Waals surface area contributed by atoms with Gasteiger partial charge in [-0.3, -0.25) is 4.98 Å². The molecule has 1 aliphatic rings. The van der Waals surface area contributed by atoms with Gasteiger partial charge in [0.2, 0.25) is 10.0 Å². The second-order valence-electron chi connectivity index (χ2n) is 4.66. The topological polar surface area (TPSA) is 88.3 Å². The Kier molecular flexibility index (Phi) is 5.03. The molecule has 2 heterocycles. The minimum absolute atomic E-state index is 0.0227. The summed E-state index contributed by atoms with van der Waals surface area (Å²) >= 11 is 4.83. The van der Waals surface area contributed by atoms with Gasteiger partial charge in [-0.1, -0.05) is 12.2 Å². The predicted octanol–water partition coefficient (Wildman–Crippen LogP) is 0.0899. The number of nitrogens with one attached hydrogen (secondary N) is 1. The zero-order valence-corrected chi connectivity index (χ0v) is 12.7. The van der Waals surface area contributed by atoms with Crippen molar-refractivity contribution in [3.63, 3.8) is 0 Å². The molecule has 0 aromatic carbocycles. The summed E-state index contributed by atoms with van der Waals surface area (Å²) in [7, 11) is -3.63. The van der Waals surface area contributed by atoms with Crippen LogP contribution in [0, 0.1) is 0 Å². The molecule has 6 nitrogen and oxygen atoms in total. The first-order valence-electron chi connectivity index (χ1n) is 6.47. The van der Waals surface area contributed by atoms with E-state index < -0.39 is 10.0 Å². The molecule has 0 radical (unpaired) electrons. The second-order valence-corrected chi connectivity index (χ2v) is 6.84. The van der Waals surface area contributed by atoms with E-state index in [1.807, 2.05) is 0 Å². The Bertz CT molecular complexity index is 583. The van der Waals surface area contributed by atoms with Crippen molar-refractivity contribution in [1.82, 2.24) is 14.6 Å². The smallest absolute Gasteiger partial charge is 0.242 e. The molecule has 1 aromatic rings. The van der Waals surface area contributed by atoms with E-state index in [0.29, 0.717) is 13.1 Å². The van der Waals surface area contributed by atoms with E-state index in [-0.39, 0.29) is 15.6 Å². The molecule has 0 atom stereocenters.